The van der Waals surface area contributed by atoms with Crippen LogP contribution in [0.5, 0.6) is 0 Å². The van der Waals surface area contributed by atoms with Crippen LogP contribution in [-0.2, 0) is 0 Å². The van der Waals surface area contributed by atoms with Crippen molar-refractivity contribution in [2.45, 2.75) is 13.0 Å². The number of carbonyl (C=O) groups is 1. The Balaban J connectivity index is 1.62. The van der Waals surface area contributed by atoms with Gasteiger partial charge in [-0.25, -0.2) is 4.39 Å². The van der Waals surface area contributed by atoms with E-state index in [9.17, 15) is 9.18 Å². The van der Waals surface area contributed by atoms with E-state index in [1.54, 1.807) is 12.1 Å². The molecule has 1 amide bonds. The summed E-state index contributed by atoms with van der Waals surface area (Å²) in [6.07, 6.45) is 0. The number of halogens is 1. The van der Waals surface area contributed by atoms with Crippen LogP contribution >= 0.6 is 0 Å². The number of carbonyl (C=O) groups excluding carboxylic acids is 1. The molecule has 0 radical (unpaired) electrons. The summed E-state index contributed by atoms with van der Waals surface area (Å²) in [7, 11) is 2.10. The summed E-state index contributed by atoms with van der Waals surface area (Å²) in [6.45, 7) is 5.40. The van der Waals surface area contributed by atoms with Gasteiger partial charge in [0.25, 0.3) is 5.91 Å². The number of rotatable bonds is 5. The van der Waals surface area contributed by atoms with Crippen LogP contribution in [0.4, 0.5) is 10.1 Å². The lowest BCUT2D eigenvalue weighted by Crippen LogP contribution is -2.46. The van der Waals surface area contributed by atoms with Crippen LogP contribution in [0.1, 0.15) is 33.3 Å². The van der Waals surface area contributed by atoms with E-state index in [1.807, 2.05) is 61.5 Å². The molecule has 1 atom stereocenters. The number of likely N-dealkylation sites (N-methyl/N-ethyl adjacent to an activating group) is 1. The minimum atomic E-state index is -0.329. The molecule has 0 bridgehead atoms. The summed E-state index contributed by atoms with van der Waals surface area (Å²) < 4.78 is 20.7. The number of fused-ring (bicyclic) bond motifs is 1. The van der Waals surface area contributed by atoms with Gasteiger partial charge in [0.2, 0.25) is 0 Å². The molecule has 0 aliphatic carbocycles. The van der Waals surface area contributed by atoms with Crippen LogP contribution in [0.15, 0.2) is 77.2 Å². The van der Waals surface area contributed by atoms with Gasteiger partial charge in [-0.2, -0.15) is 0 Å². The average molecular weight is 458 g/mol. The van der Waals surface area contributed by atoms with Gasteiger partial charge in [0.15, 0.2) is 0 Å². The highest BCUT2D eigenvalue weighted by atomic mass is 19.1. The quantitative estimate of drug-likeness (QED) is 0.432. The number of nitrogens with zero attached hydrogens (tertiary/aromatic N) is 2. The lowest BCUT2D eigenvalue weighted by Gasteiger charge is -2.37. The van der Waals surface area contributed by atoms with E-state index in [1.165, 1.54) is 6.07 Å². The molecule has 4 aromatic rings. The second-order valence-corrected chi connectivity index (χ2v) is 8.95. The first-order chi connectivity index (χ1) is 16.5. The minimum Gasteiger partial charge on any atom is -0.457 e. The number of hydrogen-bond donors (Lipinski definition) is 1. The second kappa shape index (κ2) is 9.41. The van der Waals surface area contributed by atoms with E-state index in [2.05, 4.69) is 22.2 Å². The van der Waals surface area contributed by atoms with Crippen molar-refractivity contribution in [1.82, 2.24) is 9.80 Å². The summed E-state index contributed by atoms with van der Waals surface area (Å²) in [5, 5.41) is 3.95. The smallest absolute Gasteiger partial charge is 0.255 e. The van der Waals surface area contributed by atoms with Gasteiger partial charge in [0.1, 0.15) is 17.2 Å². The monoisotopic (exact) mass is 457 g/mol. The van der Waals surface area contributed by atoms with Crippen molar-refractivity contribution in [2.24, 2.45) is 0 Å². The molecule has 1 aromatic heterocycles. The fraction of sp³-hybridized carbons (Fsp3) is 0.250. The standard InChI is InChI=1S/C28H28FN3O2/c1-19-10-12-20(13-11-19)28(33)30-25-23-8-3-4-9-24(23)34-27(25)26(21-6-5-7-22(29)18-21)32-16-14-31(2)15-17-32/h3-13,18,26H,14-17H2,1-2H3,(H,30,33)/t26-/m0/s1. The first-order valence-corrected chi connectivity index (χ1v) is 11.6. The van der Waals surface area contributed by atoms with Crippen molar-refractivity contribution >= 4 is 22.6 Å². The summed E-state index contributed by atoms with van der Waals surface area (Å²) >= 11 is 0. The molecule has 1 N–H and O–H groups in total. The van der Waals surface area contributed by atoms with Crippen LogP contribution in [0, 0.1) is 12.7 Å². The average Bonchev–Trinajstić information content (AvgIpc) is 3.19. The second-order valence-electron chi connectivity index (χ2n) is 8.95. The molecule has 34 heavy (non-hydrogen) atoms. The Bertz CT molecular complexity index is 1310. The Morgan fingerprint density at radius 3 is 2.44 bits per heavy atom. The fourth-order valence-electron chi connectivity index (χ4n) is 4.56. The molecular formula is C28H28FN3O2. The Kier molecular flexibility index (Phi) is 6.18. The number of furan rings is 1. The number of anilines is 1. The van der Waals surface area contributed by atoms with Crippen LogP contribution < -0.4 is 5.32 Å². The molecule has 5 rings (SSSR count). The summed E-state index contributed by atoms with van der Waals surface area (Å²) in [4.78, 5) is 17.8. The first-order valence-electron chi connectivity index (χ1n) is 11.6. The van der Waals surface area contributed by atoms with Gasteiger partial charge >= 0.3 is 0 Å². The van der Waals surface area contributed by atoms with Crippen molar-refractivity contribution in [3.8, 4) is 0 Å². The maximum Gasteiger partial charge on any atom is 0.255 e. The number of nitrogens with one attached hydrogen (secondary N) is 1. The molecule has 0 spiro atoms. The molecule has 6 heteroatoms. The van der Waals surface area contributed by atoms with Gasteiger partial charge in [-0.15, -0.1) is 0 Å². The number of benzene rings is 3. The maximum absolute atomic E-state index is 14.3. The third-order valence-electron chi connectivity index (χ3n) is 6.49. The Morgan fingerprint density at radius 2 is 1.71 bits per heavy atom. The van der Waals surface area contributed by atoms with Crippen LogP contribution in [0.2, 0.25) is 0 Å². The lowest BCUT2D eigenvalue weighted by molar-refractivity contribution is 0.102. The van der Waals surface area contributed by atoms with E-state index in [0.29, 0.717) is 22.6 Å². The molecule has 1 saturated heterocycles. The zero-order chi connectivity index (χ0) is 23.7. The highest BCUT2D eigenvalue weighted by molar-refractivity contribution is 6.09. The van der Waals surface area contributed by atoms with Crippen LogP contribution in [-0.4, -0.2) is 48.9 Å². The normalized spacial score (nSPS) is 16.0. The van der Waals surface area contributed by atoms with Crippen molar-refractivity contribution in [1.29, 1.82) is 0 Å². The molecule has 174 valence electrons. The van der Waals surface area contributed by atoms with E-state index >= 15 is 0 Å². The predicted molar refractivity (Wildman–Crippen MR) is 133 cm³/mol. The Labute approximate surface area is 198 Å². The Hall–Kier alpha value is -3.48. The van der Waals surface area contributed by atoms with Crippen molar-refractivity contribution < 1.29 is 13.6 Å². The van der Waals surface area contributed by atoms with Crippen molar-refractivity contribution in [3.05, 3.63) is 101 Å². The number of amides is 1. The molecule has 0 unspecified atom stereocenters. The molecule has 2 heterocycles. The van der Waals surface area contributed by atoms with Gasteiger partial charge in [0, 0.05) is 37.1 Å². The van der Waals surface area contributed by atoms with E-state index < -0.39 is 0 Å². The first kappa shape index (κ1) is 22.3. The highest BCUT2D eigenvalue weighted by Crippen LogP contribution is 2.41. The zero-order valence-corrected chi connectivity index (χ0v) is 19.4. The van der Waals surface area contributed by atoms with Gasteiger partial charge < -0.3 is 14.6 Å². The molecule has 1 aliphatic rings. The Morgan fingerprint density at radius 1 is 0.971 bits per heavy atom. The van der Waals surface area contributed by atoms with E-state index in [-0.39, 0.29) is 17.8 Å². The van der Waals surface area contributed by atoms with Crippen molar-refractivity contribution in [3.63, 3.8) is 0 Å². The third-order valence-corrected chi connectivity index (χ3v) is 6.49. The molecule has 0 saturated carbocycles. The zero-order valence-electron chi connectivity index (χ0n) is 19.4. The molecule has 1 fully saturated rings. The lowest BCUT2D eigenvalue weighted by atomic mass is 9.99. The van der Waals surface area contributed by atoms with Gasteiger partial charge in [-0.05, 0) is 55.9 Å². The highest BCUT2D eigenvalue weighted by Gasteiger charge is 2.32. The number of aryl methyl sites for hydroxylation is 1. The SMILES string of the molecule is Cc1ccc(C(=O)Nc2c([C@H](c3cccc(F)c3)N3CCN(C)CC3)oc3ccccc23)cc1. The van der Waals surface area contributed by atoms with Gasteiger partial charge in [-0.1, -0.05) is 42.0 Å². The molecule has 3 aromatic carbocycles. The third kappa shape index (κ3) is 4.47. The maximum atomic E-state index is 14.3. The number of para-hydroxylation sites is 1. The largest absolute Gasteiger partial charge is 0.457 e. The topological polar surface area (TPSA) is 48.7 Å². The molecule has 1 aliphatic heterocycles. The van der Waals surface area contributed by atoms with Crippen LogP contribution in [0.3, 0.4) is 0 Å². The summed E-state index contributed by atoms with van der Waals surface area (Å²) in [5.74, 6) is 0.124. The molecular weight excluding hydrogens is 429 g/mol. The van der Waals surface area contributed by atoms with Crippen LogP contribution in [0.25, 0.3) is 11.0 Å². The summed E-state index contributed by atoms with van der Waals surface area (Å²) in [6, 6.07) is 21.5. The predicted octanol–water partition coefficient (Wildman–Crippen LogP) is 5.47. The number of piperazine rings is 1. The van der Waals surface area contributed by atoms with Gasteiger partial charge in [0.05, 0.1) is 11.7 Å². The number of hydrogen-bond acceptors (Lipinski definition) is 4. The van der Waals surface area contributed by atoms with Crippen molar-refractivity contribution in [2.75, 3.05) is 38.5 Å². The minimum absolute atomic E-state index is 0.204. The summed E-state index contributed by atoms with van der Waals surface area (Å²) in [5.41, 5.74) is 3.78. The van der Waals surface area contributed by atoms with Gasteiger partial charge in [-0.3, -0.25) is 9.69 Å². The molecule has 5 nitrogen and oxygen atoms in total. The van der Waals surface area contributed by atoms with E-state index in [4.69, 9.17) is 4.42 Å². The fourth-order valence-corrected chi connectivity index (χ4v) is 4.56. The van der Waals surface area contributed by atoms with E-state index in [0.717, 1.165) is 42.7 Å².